The molecule has 1 aliphatic rings. The van der Waals surface area contributed by atoms with Crippen molar-refractivity contribution in [2.45, 2.75) is 18.2 Å². The Bertz CT molecular complexity index is 1680. The number of carbonyl (C=O) groups is 1. The summed E-state index contributed by atoms with van der Waals surface area (Å²) in [6, 6.07) is 15.1. The number of pyridine rings is 1. The van der Waals surface area contributed by atoms with Gasteiger partial charge in [0, 0.05) is 31.5 Å². The quantitative estimate of drug-likeness (QED) is 0.255. The summed E-state index contributed by atoms with van der Waals surface area (Å²) in [5.41, 5.74) is 0.637. The van der Waals surface area contributed by atoms with Crippen LogP contribution >= 0.6 is 0 Å². The summed E-state index contributed by atoms with van der Waals surface area (Å²) in [5.74, 6) is -3.60. The molecule has 4 aromatic rings. The second-order valence-corrected chi connectivity index (χ2v) is 10.9. The molecule has 0 radical (unpaired) electrons. The number of amides is 1. The molecule has 1 atom stereocenters. The molecule has 0 bridgehead atoms. The van der Waals surface area contributed by atoms with E-state index >= 15 is 4.39 Å². The van der Waals surface area contributed by atoms with Crippen LogP contribution in [0, 0.1) is 11.6 Å². The van der Waals surface area contributed by atoms with Gasteiger partial charge in [0.05, 0.1) is 22.7 Å². The number of hydrogen-bond acceptors (Lipinski definition) is 8. The van der Waals surface area contributed by atoms with Crippen LogP contribution in [0.1, 0.15) is 12.0 Å². The third kappa shape index (κ3) is 6.66. The van der Waals surface area contributed by atoms with Gasteiger partial charge in [-0.25, -0.2) is 32.6 Å². The summed E-state index contributed by atoms with van der Waals surface area (Å²) < 4.78 is 62.6. The maximum Gasteiger partial charge on any atom is 0.407 e. The average Bonchev–Trinajstić information content (AvgIpc) is 3.42. The molecule has 0 spiro atoms. The molecule has 11 nitrogen and oxygen atoms in total. The van der Waals surface area contributed by atoms with Crippen LogP contribution in [0.25, 0.3) is 11.3 Å². The molecule has 1 amide bonds. The molecule has 3 heterocycles. The smallest absolute Gasteiger partial charge is 0.407 e. The highest BCUT2D eigenvalue weighted by molar-refractivity contribution is 7.91. The first kappa shape index (κ1) is 27.7. The van der Waals surface area contributed by atoms with E-state index in [0.717, 1.165) is 12.1 Å². The van der Waals surface area contributed by atoms with Crippen LogP contribution < -0.4 is 14.8 Å². The lowest BCUT2D eigenvalue weighted by Crippen LogP contribution is -2.30. The van der Waals surface area contributed by atoms with Crippen LogP contribution in [0.3, 0.4) is 0 Å². The zero-order valence-corrected chi connectivity index (χ0v) is 22.2. The number of nitrogens with zero attached hydrogens (tertiary/aromatic N) is 4. The molecule has 0 unspecified atom stereocenters. The van der Waals surface area contributed by atoms with Gasteiger partial charge in [-0.3, -0.25) is 4.72 Å². The van der Waals surface area contributed by atoms with Gasteiger partial charge in [0.25, 0.3) is 0 Å². The van der Waals surface area contributed by atoms with Gasteiger partial charge in [0.1, 0.15) is 0 Å². The molecule has 14 heteroatoms. The Morgan fingerprint density at radius 3 is 2.59 bits per heavy atom. The maximum absolute atomic E-state index is 15.0. The second kappa shape index (κ2) is 11.7. The third-order valence-electron chi connectivity index (χ3n) is 6.21. The van der Waals surface area contributed by atoms with Crippen LogP contribution in [0.4, 0.5) is 25.2 Å². The number of ether oxygens (including phenoxy) is 1. The molecule has 1 saturated heterocycles. The molecule has 1 aliphatic heterocycles. The fraction of sp³-hybridized carbons (Fsp3) is 0.185. The Morgan fingerprint density at radius 2 is 1.83 bits per heavy atom. The summed E-state index contributed by atoms with van der Waals surface area (Å²) in [6.07, 6.45) is 2.48. The molecule has 2 aromatic heterocycles. The van der Waals surface area contributed by atoms with Crippen molar-refractivity contribution >= 4 is 27.8 Å². The highest BCUT2D eigenvalue weighted by Gasteiger charge is 2.26. The van der Waals surface area contributed by atoms with Crippen LogP contribution in [-0.2, 0) is 15.8 Å². The first-order valence-corrected chi connectivity index (χ1v) is 14.1. The van der Waals surface area contributed by atoms with E-state index in [4.69, 9.17) is 9.84 Å². The Balaban J connectivity index is 1.33. The highest BCUT2D eigenvalue weighted by atomic mass is 32.2. The molecule has 5 rings (SSSR count). The van der Waals surface area contributed by atoms with Crippen LogP contribution in [-0.4, -0.2) is 58.6 Å². The number of hydrogen-bond donors (Lipinski definition) is 3. The van der Waals surface area contributed by atoms with Crippen LogP contribution in [0.5, 0.6) is 11.6 Å². The zero-order chi connectivity index (χ0) is 29.0. The van der Waals surface area contributed by atoms with Crippen molar-refractivity contribution in [2.24, 2.45) is 0 Å². The fourth-order valence-corrected chi connectivity index (χ4v) is 5.47. The van der Waals surface area contributed by atoms with Crippen molar-refractivity contribution in [3.8, 4) is 22.9 Å². The van der Waals surface area contributed by atoms with Crippen molar-refractivity contribution in [3.05, 3.63) is 90.3 Å². The third-order valence-corrected chi connectivity index (χ3v) is 7.46. The van der Waals surface area contributed by atoms with Gasteiger partial charge in [-0.2, -0.15) is 4.39 Å². The monoisotopic (exact) mass is 582 g/mol. The first-order chi connectivity index (χ1) is 19.7. The summed E-state index contributed by atoms with van der Waals surface area (Å²) in [7, 11) is -4.02. The molecular weight excluding hydrogens is 558 g/mol. The SMILES string of the molecule is O=C(O)N1CC[C@H](Nc2nccc(-c3cccnc3Oc3ccc(NS(=O)(=O)Cc4ccccc4)c(F)c3F)n2)C1. The van der Waals surface area contributed by atoms with Crippen molar-refractivity contribution in [3.63, 3.8) is 0 Å². The molecule has 41 heavy (non-hydrogen) atoms. The number of likely N-dealkylation sites (tertiary alicyclic amines) is 1. The maximum atomic E-state index is 15.0. The number of rotatable bonds is 9. The Hall–Kier alpha value is -4.85. The molecule has 2 aromatic carbocycles. The summed E-state index contributed by atoms with van der Waals surface area (Å²) in [6.45, 7) is 0.677. The predicted molar refractivity (Wildman–Crippen MR) is 146 cm³/mol. The summed E-state index contributed by atoms with van der Waals surface area (Å²) in [4.78, 5) is 25.3. The van der Waals surface area contributed by atoms with E-state index in [-0.39, 0.29) is 24.4 Å². The lowest BCUT2D eigenvalue weighted by atomic mass is 10.2. The lowest BCUT2D eigenvalue weighted by molar-refractivity contribution is 0.155. The molecule has 0 aliphatic carbocycles. The van der Waals surface area contributed by atoms with Crippen molar-refractivity contribution in [1.29, 1.82) is 0 Å². The number of anilines is 2. The van der Waals surface area contributed by atoms with Gasteiger partial charge in [0.2, 0.25) is 27.7 Å². The number of carboxylic acid groups (broad SMARTS) is 1. The van der Waals surface area contributed by atoms with E-state index in [2.05, 4.69) is 25.0 Å². The molecule has 3 N–H and O–H groups in total. The van der Waals surface area contributed by atoms with Gasteiger partial charge >= 0.3 is 6.09 Å². The van der Waals surface area contributed by atoms with Gasteiger partial charge in [-0.1, -0.05) is 30.3 Å². The molecule has 1 fully saturated rings. The summed E-state index contributed by atoms with van der Waals surface area (Å²) in [5, 5.41) is 12.3. The van der Waals surface area contributed by atoms with E-state index < -0.39 is 44.9 Å². The Labute approximate surface area is 233 Å². The fourth-order valence-electron chi connectivity index (χ4n) is 4.27. The minimum Gasteiger partial charge on any atom is -0.465 e. The van der Waals surface area contributed by atoms with Crippen LogP contribution in [0.2, 0.25) is 0 Å². The average molecular weight is 583 g/mol. The van der Waals surface area contributed by atoms with E-state index in [0.29, 0.717) is 29.8 Å². The van der Waals surface area contributed by atoms with Gasteiger partial charge in [-0.05, 0) is 42.3 Å². The van der Waals surface area contributed by atoms with Gasteiger partial charge < -0.3 is 20.1 Å². The minimum absolute atomic E-state index is 0.0780. The second-order valence-electron chi connectivity index (χ2n) is 9.17. The number of benzene rings is 2. The highest BCUT2D eigenvalue weighted by Crippen LogP contribution is 2.34. The molecule has 0 saturated carbocycles. The van der Waals surface area contributed by atoms with E-state index in [1.807, 2.05) is 0 Å². The first-order valence-electron chi connectivity index (χ1n) is 12.4. The Kier molecular flexibility index (Phi) is 7.92. The topological polar surface area (TPSA) is 147 Å². The lowest BCUT2D eigenvalue weighted by Gasteiger charge is -2.15. The normalized spacial score (nSPS) is 15.0. The van der Waals surface area contributed by atoms with Gasteiger partial charge in [0.15, 0.2) is 11.6 Å². The standard InChI is InChI=1S/C27H24F2N6O5S/c28-23-21(34-41(38,39)16-17-5-2-1-3-6-17)8-9-22(24(23)29)40-25-19(7-4-12-30-25)20-10-13-31-26(33-20)32-18-11-14-35(15-18)27(36)37/h1-10,12-13,18,34H,11,14-16H2,(H,36,37)(H,31,32,33)/t18-/m0/s1. The summed E-state index contributed by atoms with van der Waals surface area (Å²) >= 11 is 0. The van der Waals surface area contributed by atoms with E-state index in [1.165, 1.54) is 17.3 Å². The number of halogens is 2. The largest absolute Gasteiger partial charge is 0.465 e. The van der Waals surface area contributed by atoms with E-state index in [1.54, 1.807) is 48.5 Å². The molecular formula is C27H24F2N6O5S. The van der Waals surface area contributed by atoms with E-state index in [9.17, 15) is 17.6 Å². The zero-order valence-electron chi connectivity index (χ0n) is 21.4. The Morgan fingerprint density at radius 1 is 1.02 bits per heavy atom. The van der Waals surface area contributed by atoms with Crippen LogP contribution in [0.15, 0.2) is 73.1 Å². The number of nitrogens with one attached hydrogen (secondary N) is 2. The van der Waals surface area contributed by atoms with Gasteiger partial charge in [-0.15, -0.1) is 0 Å². The minimum atomic E-state index is -4.02. The number of sulfonamides is 1. The van der Waals surface area contributed by atoms with Crippen molar-refractivity contribution < 1.29 is 31.8 Å². The molecule has 212 valence electrons. The predicted octanol–water partition coefficient (Wildman–Crippen LogP) is 4.72. The number of aromatic nitrogens is 3. The van der Waals surface area contributed by atoms with Crippen molar-refractivity contribution in [2.75, 3.05) is 23.1 Å². The van der Waals surface area contributed by atoms with Crippen molar-refractivity contribution in [1.82, 2.24) is 19.9 Å².